The molecule has 2 aliphatic heterocycles. The monoisotopic (exact) mass is 770 g/mol. The van der Waals surface area contributed by atoms with Crippen LogP contribution in [0.25, 0.3) is 0 Å². The number of hydrogen-bond donors (Lipinski definition) is 1. The summed E-state index contributed by atoms with van der Waals surface area (Å²) in [5, 5.41) is 4.67. The van der Waals surface area contributed by atoms with Gasteiger partial charge in [0.1, 0.15) is 17.6 Å². The number of aliphatic imine (C=N–C) groups is 1. The van der Waals surface area contributed by atoms with Gasteiger partial charge in [-0.05, 0) is 91.6 Å². The Morgan fingerprint density at radius 1 is 0.889 bits per heavy atom. The summed E-state index contributed by atoms with van der Waals surface area (Å²) < 4.78 is 11.5. The number of rotatable bonds is 10. The molecule has 1 saturated heterocycles. The van der Waals surface area contributed by atoms with Crippen LogP contribution in [0.1, 0.15) is 105 Å². The topological polar surface area (TPSA) is 109 Å². The van der Waals surface area contributed by atoms with Gasteiger partial charge in [-0.15, -0.1) is 0 Å². The van der Waals surface area contributed by atoms with Crippen LogP contribution in [0.4, 0.5) is 10.7 Å². The predicted octanol–water partition coefficient (Wildman–Crippen LogP) is 9.46. The number of likely N-dealkylation sites (tertiary alicyclic amines) is 1. The van der Waals surface area contributed by atoms with Crippen LogP contribution in [0.15, 0.2) is 77.9 Å². The molecule has 0 radical (unpaired) electrons. The van der Waals surface area contributed by atoms with Gasteiger partial charge in [0.15, 0.2) is 0 Å². The highest BCUT2D eigenvalue weighted by molar-refractivity contribution is 6.30. The van der Waals surface area contributed by atoms with Gasteiger partial charge in [-0.25, -0.2) is 19.6 Å². The number of anilines is 1. The zero-order valence-corrected chi connectivity index (χ0v) is 33.2. The summed E-state index contributed by atoms with van der Waals surface area (Å²) in [6, 6.07) is 20.5. The Balaban J connectivity index is 1.34. The van der Waals surface area contributed by atoms with Crippen molar-refractivity contribution >= 4 is 47.0 Å². The molecule has 0 bridgehead atoms. The molecule has 1 fully saturated rings. The van der Waals surface area contributed by atoms with Crippen LogP contribution < -0.4 is 10.1 Å². The second-order valence-electron chi connectivity index (χ2n) is 14.5. The Morgan fingerprint density at radius 2 is 1.54 bits per heavy atom. The van der Waals surface area contributed by atoms with Crippen LogP contribution in [-0.4, -0.2) is 69.9 Å². The lowest BCUT2D eigenvalue weighted by Crippen LogP contribution is -2.50. The highest BCUT2D eigenvalue weighted by Gasteiger charge is 2.45. The van der Waals surface area contributed by atoms with Crippen molar-refractivity contribution in [1.29, 1.82) is 0 Å². The molecule has 2 aliphatic rings. The Bertz CT molecular complexity index is 1990. The molecule has 1 aromatic heterocycles. The molecule has 2 amide bonds. The number of aromatic nitrogens is 2. The number of ether oxygens (including phenoxy) is 2. The molecule has 2 atom stereocenters. The Morgan fingerprint density at radius 3 is 2.13 bits per heavy atom. The van der Waals surface area contributed by atoms with Crippen LogP contribution in [0.5, 0.6) is 5.75 Å². The average Bonchev–Trinajstić information content (AvgIpc) is 3.55. The lowest BCUT2D eigenvalue weighted by Gasteiger charge is -2.38. The third-order valence-corrected chi connectivity index (χ3v) is 10.4. The number of halogens is 2. The highest BCUT2D eigenvalue weighted by atomic mass is 35.5. The number of nitrogens with zero attached hydrogens (tertiary/aromatic N) is 5. The number of nitrogens with one attached hydrogen (secondary N) is 1. The molecular formula is C42H48Cl2N6O4. The largest absolute Gasteiger partial charge is 0.493 e. The Hall–Kier alpha value is -4.67. The van der Waals surface area contributed by atoms with E-state index in [0.717, 1.165) is 22.3 Å². The van der Waals surface area contributed by atoms with Crippen molar-refractivity contribution in [3.8, 4) is 5.75 Å². The summed E-state index contributed by atoms with van der Waals surface area (Å²) in [5.41, 5.74) is 4.60. The number of carbonyl (C=O) groups is 2. The first-order valence-electron chi connectivity index (χ1n) is 18.7. The first kappa shape index (κ1) is 39.0. The minimum atomic E-state index is -0.475. The van der Waals surface area contributed by atoms with Crippen molar-refractivity contribution in [3.63, 3.8) is 0 Å². The number of hydrogen-bond acceptors (Lipinski definition) is 8. The van der Waals surface area contributed by atoms with Gasteiger partial charge in [-0.1, -0.05) is 81.2 Å². The van der Waals surface area contributed by atoms with E-state index >= 15 is 4.79 Å². The molecular weight excluding hydrogens is 723 g/mol. The number of carbonyl (C=O) groups excluding carboxylic acids is 2. The van der Waals surface area contributed by atoms with Crippen molar-refractivity contribution in [2.45, 2.75) is 84.3 Å². The number of amides is 2. The van der Waals surface area contributed by atoms with E-state index in [1.807, 2.05) is 78.2 Å². The number of amidine groups is 1. The number of aryl methyl sites for hydroxylation is 1. The number of piperidine rings is 1. The first-order valence-corrected chi connectivity index (χ1v) is 19.4. The summed E-state index contributed by atoms with van der Waals surface area (Å²) >= 11 is 12.7. The van der Waals surface area contributed by atoms with Crippen molar-refractivity contribution < 1.29 is 19.1 Å². The number of urea groups is 1. The smallest absolute Gasteiger partial charge is 0.341 e. The van der Waals surface area contributed by atoms with Crippen LogP contribution in [0.2, 0.25) is 10.0 Å². The third kappa shape index (κ3) is 8.50. The lowest BCUT2D eigenvalue weighted by molar-refractivity contribution is 0.0524. The van der Waals surface area contributed by atoms with E-state index in [9.17, 15) is 4.79 Å². The van der Waals surface area contributed by atoms with Crippen molar-refractivity contribution in [3.05, 3.63) is 116 Å². The molecule has 0 spiro atoms. The maximum absolute atomic E-state index is 15.1. The van der Waals surface area contributed by atoms with Gasteiger partial charge >= 0.3 is 12.0 Å². The van der Waals surface area contributed by atoms with Crippen LogP contribution in [-0.2, 0) is 16.6 Å². The highest BCUT2D eigenvalue weighted by Crippen LogP contribution is 2.46. The van der Waals surface area contributed by atoms with Gasteiger partial charge in [0.25, 0.3) is 0 Å². The quantitative estimate of drug-likeness (QED) is 0.160. The van der Waals surface area contributed by atoms with Crippen molar-refractivity contribution in [2.24, 2.45) is 4.99 Å². The summed E-state index contributed by atoms with van der Waals surface area (Å²) in [6.45, 7) is 13.9. The molecule has 3 heterocycles. The first-order chi connectivity index (χ1) is 25.9. The fourth-order valence-electron chi connectivity index (χ4n) is 6.99. The van der Waals surface area contributed by atoms with Gasteiger partial charge in [0.05, 0.1) is 36.1 Å². The Labute approximate surface area is 327 Å². The second kappa shape index (κ2) is 16.8. The number of benzene rings is 3. The summed E-state index contributed by atoms with van der Waals surface area (Å²) in [4.78, 5) is 45.6. The van der Waals surface area contributed by atoms with Crippen molar-refractivity contribution in [2.75, 3.05) is 31.6 Å². The molecule has 284 valence electrons. The van der Waals surface area contributed by atoms with E-state index in [-0.39, 0.29) is 24.1 Å². The molecule has 6 rings (SSSR count). The van der Waals surface area contributed by atoms with E-state index in [0.29, 0.717) is 77.8 Å². The van der Waals surface area contributed by atoms with Gasteiger partial charge < -0.3 is 19.7 Å². The molecule has 2 unspecified atom stereocenters. The Kier molecular flexibility index (Phi) is 12.1. The minimum absolute atomic E-state index is 0.0299. The van der Waals surface area contributed by atoms with Crippen LogP contribution in [0.3, 0.4) is 0 Å². The van der Waals surface area contributed by atoms with E-state index in [4.69, 9.17) is 37.7 Å². The zero-order chi connectivity index (χ0) is 38.6. The lowest BCUT2D eigenvalue weighted by atomic mass is 9.86. The van der Waals surface area contributed by atoms with E-state index in [1.54, 1.807) is 6.92 Å². The summed E-state index contributed by atoms with van der Waals surface area (Å²) in [5.74, 6) is 1.25. The molecule has 0 saturated carbocycles. The predicted molar refractivity (Wildman–Crippen MR) is 214 cm³/mol. The summed E-state index contributed by atoms with van der Waals surface area (Å²) in [6.07, 6.45) is 3.44. The second-order valence-corrected chi connectivity index (χ2v) is 15.4. The third-order valence-electron chi connectivity index (χ3n) is 9.88. The van der Waals surface area contributed by atoms with Crippen LogP contribution >= 0.6 is 23.2 Å². The molecule has 1 N–H and O–H groups in total. The molecule has 0 aliphatic carbocycles. The average molecular weight is 772 g/mol. The number of esters is 1. The zero-order valence-electron chi connectivity index (χ0n) is 31.7. The van der Waals surface area contributed by atoms with Gasteiger partial charge in [-0.2, -0.15) is 0 Å². The summed E-state index contributed by atoms with van der Waals surface area (Å²) in [7, 11) is 0. The minimum Gasteiger partial charge on any atom is -0.493 e. The van der Waals surface area contributed by atoms with Crippen LogP contribution in [0, 0.1) is 0 Å². The molecule has 3 aromatic carbocycles. The normalized spacial score (nSPS) is 17.7. The SMILES string of the molecule is CCOC(=O)c1cnc(NC2CCN(C(=O)N3C(c4ccc(C(C)(C)C)cc4OCC)=NC(c4ccc(Cl)cc4)C3c3ccc(Cl)cc3)CC2)nc1CC. The molecule has 4 aromatic rings. The van der Waals surface area contributed by atoms with Gasteiger partial charge in [-0.3, -0.25) is 9.89 Å². The molecule has 12 heteroatoms. The van der Waals surface area contributed by atoms with E-state index < -0.39 is 18.1 Å². The molecule has 54 heavy (non-hydrogen) atoms. The molecule has 10 nitrogen and oxygen atoms in total. The maximum atomic E-state index is 15.1. The van der Waals surface area contributed by atoms with E-state index in [1.165, 1.54) is 6.20 Å². The van der Waals surface area contributed by atoms with Gasteiger partial charge in [0, 0.05) is 35.4 Å². The van der Waals surface area contributed by atoms with Gasteiger partial charge in [0.2, 0.25) is 5.95 Å². The standard InChI is InChI=1S/C42H48Cl2N6O4/c1-7-34-33(39(51)54-9-3)25-45-40(47-34)46-31-20-22-49(23-21-31)41(52)50-37(27-12-17-30(44)18-13-27)36(26-10-15-29(43)16-11-26)48-38(50)32-19-14-28(42(4,5)6)24-35(32)53-8-2/h10-19,24-25,31,36-37H,7-9,20-23H2,1-6H3,(H,45,46,47). The van der Waals surface area contributed by atoms with Crippen molar-refractivity contribution in [1.82, 2.24) is 19.8 Å². The fraction of sp³-hybridized carbons (Fsp3) is 0.405. The fourth-order valence-corrected chi connectivity index (χ4v) is 7.24. The van der Waals surface area contributed by atoms with E-state index in [2.05, 4.69) is 48.2 Å². The maximum Gasteiger partial charge on any atom is 0.341 e.